The molecule has 0 atom stereocenters. The number of imide groups is 1. The average molecular weight is 495 g/mol. The van der Waals surface area contributed by atoms with E-state index >= 15 is 0 Å². The molecule has 1 heterocycles. The van der Waals surface area contributed by atoms with E-state index in [1.165, 1.54) is 6.07 Å². The number of hydrogen-bond donors (Lipinski definition) is 1. The third-order valence-corrected chi connectivity index (χ3v) is 6.14. The molecular formula is C26H20Cl2N2O4. The Labute approximate surface area is 206 Å². The lowest BCUT2D eigenvalue weighted by Crippen LogP contribution is -2.32. The van der Waals surface area contributed by atoms with E-state index in [-0.39, 0.29) is 10.7 Å². The van der Waals surface area contributed by atoms with Gasteiger partial charge in [-0.1, -0.05) is 41.4 Å². The van der Waals surface area contributed by atoms with Crippen LogP contribution in [0.25, 0.3) is 0 Å². The van der Waals surface area contributed by atoms with Crippen molar-refractivity contribution in [3.05, 3.63) is 98.7 Å². The average Bonchev–Trinajstić information content (AvgIpc) is 3.01. The minimum atomic E-state index is -0.650. The molecule has 34 heavy (non-hydrogen) atoms. The fourth-order valence-electron chi connectivity index (χ4n) is 3.38. The van der Waals surface area contributed by atoms with Gasteiger partial charge in [-0.25, -0.2) is 9.69 Å². The number of nitrogens with one attached hydrogen (secondary N) is 1. The molecule has 0 saturated carbocycles. The first-order valence-corrected chi connectivity index (χ1v) is 11.1. The molecule has 1 N–H and O–H groups in total. The highest BCUT2D eigenvalue weighted by atomic mass is 35.5. The van der Waals surface area contributed by atoms with Gasteiger partial charge in [-0.15, -0.1) is 0 Å². The standard InChI is InChI=1S/C26H20Cl2N2O4/c1-14-4-5-16(3)21(12-14)34-26(33)17-7-9-18(10-8-17)29-23-22(28)24(31)30(25(23)32)19-11-6-15(2)20(27)13-19/h4-13,29H,1-3H3. The highest BCUT2D eigenvalue weighted by Gasteiger charge is 2.39. The number of esters is 1. The molecule has 1 aliphatic heterocycles. The minimum absolute atomic E-state index is 0.0610. The molecule has 0 aromatic heterocycles. The Hall–Kier alpha value is -3.61. The van der Waals surface area contributed by atoms with Crippen molar-refractivity contribution in [1.82, 2.24) is 0 Å². The van der Waals surface area contributed by atoms with Gasteiger partial charge in [-0.05, 0) is 79.9 Å². The Bertz CT molecular complexity index is 1360. The maximum absolute atomic E-state index is 12.9. The predicted octanol–water partition coefficient (Wildman–Crippen LogP) is 5.92. The monoisotopic (exact) mass is 494 g/mol. The van der Waals surface area contributed by atoms with Gasteiger partial charge >= 0.3 is 5.97 Å². The van der Waals surface area contributed by atoms with Crippen LogP contribution in [0.4, 0.5) is 11.4 Å². The Balaban J connectivity index is 1.50. The van der Waals surface area contributed by atoms with E-state index in [0.717, 1.165) is 21.6 Å². The van der Waals surface area contributed by atoms with Crippen molar-refractivity contribution in [2.45, 2.75) is 20.8 Å². The maximum atomic E-state index is 12.9. The molecule has 6 nitrogen and oxygen atoms in total. The molecule has 0 spiro atoms. The quantitative estimate of drug-likeness (QED) is 0.270. The highest BCUT2D eigenvalue weighted by molar-refractivity contribution is 6.53. The largest absolute Gasteiger partial charge is 0.423 e. The van der Waals surface area contributed by atoms with Crippen LogP contribution in [-0.2, 0) is 9.59 Å². The number of halogens is 2. The zero-order chi connectivity index (χ0) is 24.6. The number of anilines is 2. The van der Waals surface area contributed by atoms with Crippen molar-refractivity contribution in [3.8, 4) is 5.75 Å². The SMILES string of the molecule is Cc1ccc(C)c(OC(=O)c2ccc(NC3=C(Cl)C(=O)N(c4ccc(C)c(Cl)c4)C3=O)cc2)c1. The summed E-state index contributed by atoms with van der Waals surface area (Å²) in [7, 11) is 0. The summed E-state index contributed by atoms with van der Waals surface area (Å²) in [5.41, 5.74) is 3.72. The summed E-state index contributed by atoms with van der Waals surface area (Å²) >= 11 is 12.3. The highest BCUT2D eigenvalue weighted by Crippen LogP contribution is 2.32. The second-order valence-corrected chi connectivity index (χ2v) is 8.71. The number of aryl methyl sites for hydroxylation is 3. The molecule has 0 radical (unpaired) electrons. The van der Waals surface area contributed by atoms with E-state index in [1.54, 1.807) is 42.5 Å². The number of benzene rings is 3. The summed E-state index contributed by atoms with van der Waals surface area (Å²) < 4.78 is 5.51. The molecule has 3 aromatic rings. The number of carbonyl (C=O) groups is 3. The molecule has 8 heteroatoms. The molecule has 0 aliphatic carbocycles. The van der Waals surface area contributed by atoms with E-state index in [0.29, 0.717) is 27.7 Å². The van der Waals surface area contributed by atoms with Gasteiger partial charge in [0.05, 0.1) is 11.3 Å². The zero-order valence-corrected chi connectivity index (χ0v) is 20.1. The first kappa shape index (κ1) is 23.5. The molecule has 0 unspecified atom stereocenters. The molecule has 0 saturated heterocycles. The van der Waals surface area contributed by atoms with E-state index in [1.807, 2.05) is 32.9 Å². The number of rotatable bonds is 5. The first-order valence-electron chi connectivity index (χ1n) is 10.4. The lowest BCUT2D eigenvalue weighted by molar-refractivity contribution is -0.120. The Kier molecular flexibility index (Phi) is 6.46. The van der Waals surface area contributed by atoms with Crippen LogP contribution in [0.1, 0.15) is 27.0 Å². The lowest BCUT2D eigenvalue weighted by Gasteiger charge is -2.16. The van der Waals surface area contributed by atoms with Gasteiger partial charge in [0, 0.05) is 10.7 Å². The summed E-state index contributed by atoms with van der Waals surface area (Å²) in [6.07, 6.45) is 0. The second kappa shape index (κ2) is 9.33. The van der Waals surface area contributed by atoms with E-state index in [4.69, 9.17) is 27.9 Å². The van der Waals surface area contributed by atoms with Gasteiger partial charge in [0.25, 0.3) is 11.8 Å². The second-order valence-electron chi connectivity index (χ2n) is 7.93. The summed E-state index contributed by atoms with van der Waals surface area (Å²) in [6, 6.07) is 16.8. The van der Waals surface area contributed by atoms with Crippen LogP contribution in [0.2, 0.25) is 5.02 Å². The minimum Gasteiger partial charge on any atom is -0.423 e. The van der Waals surface area contributed by atoms with Crippen LogP contribution >= 0.6 is 23.2 Å². The third kappa shape index (κ3) is 4.55. The van der Waals surface area contributed by atoms with Gasteiger partial charge in [0.1, 0.15) is 16.5 Å². The van der Waals surface area contributed by atoms with Crippen LogP contribution in [0.3, 0.4) is 0 Å². The number of hydrogen-bond acceptors (Lipinski definition) is 5. The molecule has 0 fully saturated rings. The molecular weight excluding hydrogens is 475 g/mol. The van der Waals surface area contributed by atoms with Gasteiger partial charge in [0.15, 0.2) is 0 Å². The number of amides is 2. The van der Waals surface area contributed by atoms with Crippen molar-refractivity contribution >= 4 is 52.4 Å². The summed E-state index contributed by atoms with van der Waals surface area (Å²) in [5.74, 6) is -1.27. The van der Waals surface area contributed by atoms with Gasteiger partial charge in [-0.2, -0.15) is 0 Å². The maximum Gasteiger partial charge on any atom is 0.343 e. The van der Waals surface area contributed by atoms with Crippen LogP contribution in [0.5, 0.6) is 5.75 Å². The van der Waals surface area contributed by atoms with Crippen molar-refractivity contribution < 1.29 is 19.1 Å². The predicted molar refractivity (Wildman–Crippen MR) is 133 cm³/mol. The summed E-state index contributed by atoms with van der Waals surface area (Å²) in [6.45, 7) is 5.60. The van der Waals surface area contributed by atoms with Gasteiger partial charge < -0.3 is 10.1 Å². The Morgan fingerprint density at radius 2 is 1.53 bits per heavy atom. The topological polar surface area (TPSA) is 75.7 Å². The van der Waals surface area contributed by atoms with Gasteiger partial charge in [0.2, 0.25) is 0 Å². The first-order chi connectivity index (χ1) is 16.2. The third-order valence-electron chi connectivity index (χ3n) is 5.38. The molecule has 2 amide bonds. The Morgan fingerprint density at radius 1 is 0.853 bits per heavy atom. The normalized spacial score (nSPS) is 13.5. The van der Waals surface area contributed by atoms with Crippen molar-refractivity contribution in [1.29, 1.82) is 0 Å². The van der Waals surface area contributed by atoms with Crippen LogP contribution in [-0.4, -0.2) is 17.8 Å². The number of ether oxygens (including phenoxy) is 1. The molecule has 4 rings (SSSR count). The fourth-order valence-corrected chi connectivity index (χ4v) is 3.76. The van der Waals surface area contributed by atoms with Crippen molar-refractivity contribution in [2.24, 2.45) is 0 Å². The lowest BCUT2D eigenvalue weighted by atomic mass is 10.1. The molecule has 1 aliphatic rings. The number of carbonyl (C=O) groups excluding carboxylic acids is 3. The van der Waals surface area contributed by atoms with Gasteiger partial charge in [-0.3, -0.25) is 9.59 Å². The Morgan fingerprint density at radius 3 is 2.21 bits per heavy atom. The smallest absolute Gasteiger partial charge is 0.343 e. The zero-order valence-electron chi connectivity index (χ0n) is 18.6. The van der Waals surface area contributed by atoms with Crippen LogP contribution in [0.15, 0.2) is 71.4 Å². The summed E-state index contributed by atoms with van der Waals surface area (Å²) in [4.78, 5) is 39.1. The summed E-state index contributed by atoms with van der Waals surface area (Å²) in [5, 5.41) is 3.07. The number of nitrogens with zero attached hydrogens (tertiary/aromatic N) is 1. The fraction of sp³-hybridized carbons (Fsp3) is 0.115. The van der Waals surface area contributed by atoms with E-state index in [2.05, 4.69) is 5.32 Å². The van der Waals surface area contributed by atoms with Crippen molar-refractivity contribution in [3.63, 3.8) is 0 Å². The molecule has 3 aromatic carbocycles. The van der Waals surface area contributed by atoms with E-state index < -0.39 is 17.8 Å². The molecule has 0 bridgehead atoms. The van der Waals surface area contributed by atoms with E-state index in [9.17, 15) is 14.4 Å². The van der Waals surface area contributed by atoms with Crippen LogP contribution in [0, 0.1) is 20.8 Å². The van der Waals surface area contributed by atoms with Crippen molar-refractivity contribution in [2.75, 3.05) is 10.2 Å². The molecule has 172 valence electrons. The van der Waals surface area contributed by atoms with Crippen LogP contribution < -0.4 is 15.0 Å².